The Morgan fingerprint density at radius 3 is 0.905 bits per heavy atom. The first kappa shape index (κ1) is 46.4. The van der Waals surface area contributed by atoms with Gasteiger partial charge in [0.1, 0.15) is 0 Å². The standard InChI is InChI=1S/C20H42.C14H30.C8H18/c1-6-10-13-18(5)16-20(15-12-8-3)17-19(9-4)14-11-7-2;1-5-8-10-13(4)12-14(7-3)11-9-6-2;1-4-6-7-8(3)5-2/h18-20H,6-17H2,1-5H3;13-14H,5-12H2,1-4H3;8H,4-7H2,1-3H3. The van der Waals surface area contributed by atoms with Gasteiger partial charge in [-0.3, -0.25) is 0 Å². The van der Waals surface area contributed by atoms with Crippen LogP contribution < -0.4 is 0 Å². The third-order valence-corrected chi connectivity index (χ3v) is 10.0. The van der Waals surface area contributed by atoms with Crippen molar-refractivity contribution in [2.45, 2.75) is 237 Å². The molecule has 6 unspecified atom stereocenters. The zero-order chi connectivity index (χ0) is 32.4. The number of hydrogen-bond acceptors (Lipinski definition) is 0. The van der Waals surface area contributed by atoms with Gasteiger partial charge in [-0.25, -0.2) is 0 Å². The van der Waals surface area contributed by atoms with Crippen molar-refractivity contribution in [3.8, 4) is 0 Å². The molecule has 0 aromatic heterocycles. The second kappa shape index (κ2) is 37.2. The van der Waals surface area contributed by atoms with Gasteiger partial charge in [-0.15, -0.1) is 0 Å². The summed E-state index contributed by atoms with van der Waals surface area (Å²) >= 11 is 0. The molecule has 0 aliphatic rings. The number of rotatable bonds is 27. The lowest BCUT2D eigenvalue weighted by molar-refractivity contribution is 0.267. The molecule has 0 aromatic rings. The minimum Gasteiger partial charge on any atom is -0.0654 e. The number of hydrogen-bond donors (Lipinski definition) is 0. The molecule has 0 N–H and O–H groups in total. The number of unbranched alkanes of at least 4 members (excludes halogenated alkanes) is 6. The molecule has 0 radical (unpaired) electrons. The van der Waals surface area contributed by atoms with Gasteiger partial charge in [0, 0.05) is 0 Å². The predicted octanol–water partition coefficient (Wildman–Crippen LogP) is 16.3. The summed E-state index contributed by atoms with van der Waals surface area (Å²) in [5.41, 5.74) is 0. The fourth-order valence-electron chi connectivity index (χ4n) is 6.49. The maximum absolute atomic E-state index is 2.49. The molecular formula is C42H90. The van der Waals surface area contributed by atoms with Crippen molar-refractivity contribution in [2.75, 3.05) is 0 Å². The second-order valence-electron chi connectivity index (χ2n) is 14.7. The summed E-state index contributed by atoms with van der Waals surface area (Å²) in [5.74, 6) is 5.85. The van der Waals surface area contributed by atoms with Gasteiger partial charge < -0.3 is 0 Å². The van der Waals surface area contributed by atoms with Gasteiger partial charge in [-0.05, 0) is 54.8 Å². The maximum atomic E-state index is 2.49. The van der Waals surface area contributed by atoms with Crippen LogP contribution in [0.1, 0.15) is 237 Å². The van der Waals surface area contributed by atoms with E-state index in [2.05, 4.69) is 83.1 Å². The lowest BCUT2D eigenvalue weighted by atomic mass is 9.81. The van der Waals surface area contributed by atoms with E-state index in [4.69, 9.17) is 0 Å². The Hall–Kier alpha value is 0. The van der Waals surface area contributed by atoms with Crippen molar-refractivity contribution in [1.82, 2.24) is 0 Å². The molecule has 42 heavy (non-hydrogen) atoms. The Morgan fingerprint density at radius 1 is 0.286 bits per heavy atom. The van der Waals surface area contributed by atoms with E-state index in [1.165, 1.54) is 154 Å². The van der Waals surface area contributed by atoms with Crippen molar-refractivity contribution >= 4 is 0 Å². The van der Waals surface area contributed by atoms with Gasteiger partial charge in [-0.1, -0.05) is 218 Å². The first-order valence-electron chi connectivity index (χ1n) is 20.2. The SMILES string of the molecule is CCCCC(C)CC.CCCCC(C)CC(CC)CCCC.CCCCC(C)CC(CCCC)CC(CC)CCCC. The van der Waals surface area contributed by atoms with Crippen molar-refractivity contribution in [3.05, 3.63) is 0 Å². The normalized spacial score (nSPS) is 15.4. The van der Waals surface area contributed by atoms with Crippen LogP contribution in [0.5, 0.6) is 0 Å². The van der Waals surface area contributed by atoms with Crippen molar-refractivity contribution in [2.24, 2.45) is 35.5 Å². The molecular weight excluding hydrogens is 504 g/mol. The van der Waals surface area contributed by atoms with E-state index in [1.807, 2.05) is 0 Å². The van der Waals surface area contributed by atoms with Crippen LogP contribution in [0.25, 0.3) is 0 Å². The molecule has 0 aromatic carbocycles. The largest absolute Gasteiger partial charge is 0.0654 e. The summed E-state index contributed by atoms with van der Waals surface area (Å²) in [5, 5.41) is 0. The van der Waals surface area contributed by atoms with Crippen LogP contribution in [0.15, 0.2) is 0 Å². The average molecular weight is 595 g/mol. The topological polar surface area (TPSA) is 0 Å². The monoisotopic (exact) mass is 595 g/mol. The van der Waals surface area contributed by atoms with Crippen molar-refractivity contribution in [3.63, 3.8) is 0 Å². The predicted molar refractivity (Wildman–Crippen MR) is 200 cm³/mol. The van der Waals surface area contributed by atoms with Crippen molar-refractivity contribution < 1.29 is 0 Å². The lowest BCUT2D eigenvalue weighted by Crippen LogP contribution is -2.12. The van der Waals surface area contributed by atoms with E-state index in [9.17, 15) is 0 Å². The zero-order valence-electron chi connectivity index (χ0n) is 32.4. The van der Waals surface area contributed by atoms with Gasteiger partial charge >= 0.3 is 0 Å². The summed E-state index contributed by atoms with van der Waals surface area (Å²) in [6.07, 6.45) is 34.0. The molecule has 0 saturated heterocycles. The van der Waals surface area contributed by atoms with Gasteiger partial charge in [-0.2, -0.15) is 0 Å². The molecule has 0 aliphatic carbocycles. The molecule has 0 heterocycles. The molecule has 0 amide bonds. The highest BCUT2D eigenvalue weighted by Gasteiger charge is 2.17. The molecule has 0 spiro atoms. The summed E-state index contributed by atoms with van der Waals surface area (Å²) in [6.45, 7) is 28.1. The Morgan fingerprint density at radius 2 is 0.571 bits per heavy atom. The Kier molecular flexibility index (Phi) is 41.1. The van der Waals surface area contributed by atoms with Crippen LogP contribution in [0.4, 0.5) is 0 Å². The van der Waals surface area contributed by atoms with E-state index in [0.29, 0.717) is 0 Å². The molecule has 0 saturated carbocycles. The molecule has 6 atom stereocenters. The highest BCUT2D eigenvalue weighted by Crippen LogP contribution is 2.31. The van der Waals surface area contributed by atoms with Crippen LogP contribution in [-0.4, -0.2) is 0 Å². The summed E-state index contributed by atoms with van der Waals surface area (Å²) in [6, 6.07) is 0. The van der Waals surface area contributed by atoms with E-state index >= 15 is 0 Å². The third kappa shape index (κ3) is 34.5. The molecule has 0 bridgehead atoms. The Bertz CT molecular complexity index is 453. The highest BCUT2D eigenvalue weighted by molar-refractivity contribution is 4.69. The summed E-state index contributed by atoms with van der Waals surface area (Å²) in [4.78, 5) is 0. The van der Waals surface area contributed by atoms with Gasteiger partial charge in [0.15, 0.2) is 0 Å². The van der Waals surface area contributed by atoms with E-state index in [-0.39, 0.29) is 0 Å². The van der Waals surface area contributed by atoms with E-state index < -0.39 is 0 Å². The Labute approximate surface area is 272 Å². The second-order valence-corrected chi connectivity index (χ2v) is 14.7. The fourth-order valence-corrected chi connectivity index (χ4v) is 6.49. The lowest BCUT2D eigenvalue weighted by Gasteiger charge is -2.25. The van der Waals surface area contributed by atoms with Crippen LogP contribution in [-0.2, 0) is 0 Å². The Balaban J connectivity index is -0.000000598. The third-order valence-electron chi connectivity index (χ3n) is 10.0. The minimum absolute atomic E-state index is 0.945. The minimum atomic E-state index is 0.945. The quantitative estimate of drug-likeness (QED) is 0.0887. The van der Waals surface area contributed by atoms with Crippen molar-refractivity contribution in [1.29, 1.82) is 0 Å². The van der Waals surface area contributed by atoms with Gasteiger partial charge in [0.05, 0.1) is 0 Å². The summed E-state index contributed by atoms with van der Waals surface area (Å²) in [7, 11) is 0. The molecule has 0 fully saturated rings. The van der Waals surface area contributed by atoms with E-state index in [1.54, 1.807) is 0 Å². The first-order chi connectivity index (χ1) is 20.2. The molecule has 0 rings (SSSR count). The fraction of sp³-hybridized carbons (Fsp3) is 1.00. The van der Waals surface area contributed by atoms with Crippen LogP contribution in [0.3, 0.4) is 0 Å². The average Bonchev–Trinajstić information content (AvgIpc) is 3.00. The zero-order valence-corrected chi connectivity index (χ0v) is 32.4. The smallest absolute Gasteiger partial charge is 0.0409 e. The summed E-state index contributed by atoms with van der Waals surface area (Å²) < 4.78 is 0. The molecule has 258 valence electrons. The van der Waals surface area contributed by atoms with E-state index in [0.717, 1.165) is 35.5 Å². The molecule has 0 aliphatic heterocycles. The molecule has 0 heteroatoms. The molecule has 0 nitrogen and oxygen atoms in total. The van der Waals surface area contributed by atoms with Crippen LogP contribution in [0.2, 0.25) is 0 Å². The van der Waals surface area contributed by atoms with Gasteiger partial charge in [0.25, 0.3) is 0 Å². The maximum Gasteiger partial charge on any atom is -0.0409 e. The van der Waals surface area contributed by atoms with Crippen LogP contribution >= 0.6 is 0 Å². The first-order valence-corrected chi connectivity index (χ1v) is 20.2. The van der Waals surface area contributed by atoms with Crippen LogP contribution in [0, 0.1) is 35.5 Å². The van der Waals surface area contributed by atoms with Gasteiger partial charge in [0.2, 0.25) is 0 Å². The highest BCUT2D eigenvalue weighted by atomic mass is 14.2.